The molecule has 0 radical (unpaired) electrons. The highest BCUT2D eigenvalue weighted by Gasteiger charge is 2.61. The first-order valence-corrected chi connectivity index (χ1v) is 33.8. The van der Waals surface area contributed by atoms with Gasteiger partial charge in [0.1, 0.15) is 74.2 Å². The second kappa shape index (κ2) is 36.8. The molecule has 11 rings (SSSR count). The maximum atomic E-state index is 13.2. The fourth-order valence-electron chi connectivity index (χ4n) is 14.4. The van der Waals surface area contributed by atoms with Crippen molar-refractivity contribution in [2.45, 2.75) is 271 Å². The third-order valence-corrected chi connectivity index (χ3v) is 19.9. The van der Waals surface area contributed by atoms with Gasteiger partial charge in [-0.2, -0.15) is 0 Å². The summed E-state index contributed by atoms with van der Waals surface area (Å²) in [7, 11) is 3.10. The number of fused-ring (bicyclic) bond motifs is 4. The van der Waals surface area contributed by atoms with Gasteiger partial charge in [0.05, 0.1) is 74.0 Å². The summed E-state index contributed by atoms with van der Waals surface area (Å²) in [6.07, 6.45) is -23.0. The molecule has 7 heterocycles. The Bertz CT molecular complexity index is 2810. The molecule has 9 fully saturated rings. The molecule has 7 saturated heterocycles. The molecule has 0 bridgehead atoms. The molecule has 16 unspecified atom stereocenters. The number of aliphatic hydroxyl groups is 9. The highest BCUT2D eigenvalue weighted by atomic mass is 16.8. The number of ether oxygens (including phenoxy) is 13. The van der Waals surface area contributed by atoms with Gasteiger partial charge in [-0.15, -0.1) is 0 Å². The number of carbonyl (C=O) groups excluding carboxylic acids is 3. The van der Waals surface area contributed by atoms with Crippen molar-refractivity contribution in [3.05, 3.63) is 71.8 Å². The van der Waals surface area contributed by atoms with Crippen molar-refractivity contribution in [2.75, 3.05) is 40.4 Å². The van der Waals surface area contributed by atoms with E-state index in [2.05, 4.69) is 21.3 Å². The Balaban J connectivity index is 0.000000266. The highest BCUT2D eigenvalue weighted by Crippen LogP contribution is 2.43. The monoisotopic (exact) mass is 1430 g/mol. The molecule has 568 valence electrons. The van der Waals surface area contributed by atoms with Crippen LogP contribution in [0.3, 0.4) is 0 Å². The van der Waals surface area contributed by atoms with E-state index in [4.69, 9.17) is 84.5 Å². The number of nitrogens with one attached hydrogen (secondary N) is 4. The lowest BCUT2D eigenvalue weighted by molar-refractivity contribution is -0.377. The number of hydrogen-bond acceptors (Lipinski definition) is 31. The first-order valence-electron chi connectivity index (χ1n) is 33.8. The number of rotatable bonds is 21. The Morgan fingerprint density at radius 3 is 1.77 bits per heavy atom. The molecule has 34 heteroatoms. The minimum Gasteiger partial charge on any atom is -0.445 e. The molecule has 2 aromatic carbocycles. The Labute approximate surface area is 582 Å². The Morgan fingerprint density at radius 1 is 0.580 bits per heavy atom. The molecule has 2 aromatic rings. The number of nitrogens with zero attached hydrogens (tertiary/aromatic N) is 1. The maximum absolute atomic E-state index is 13.2. The Morgan fingerprint density at radius 2 is 1.15 bits per heavy atom. The molecular formula is C66H109N9O25. The van der Waals surface area contributed by atoms with Crippen LogP contribution in [0.4, 0.5) is 14.4 Å². The molecule has 2 saturated carbocycles. The summed E-state index contributed by atoms with van der Waals surface area (Å²) < 4.78 is 77.9. The van der Waals surface area contributed by atoms with Gasteiger partial charge >= 0.3 is 18.3 Å². The first kappa shape index (κ1) is 80.9. The van der Waals surface area contributed by atoms with E-state index >= 15 is 0 Å². The standard InChI is InChI=1S/C40H53N3O15.C24H48N6O10.2CH4/c1-20-14-27-33(34-29(43(3)40(50)57-34)36(53-27)58-37-31(47)30(46)21(2)28(17-44)54-37)56-35(20)55-32-25(42-39(49)52-19-23-12-8-5-9-13-23)15-24(16-26(32)45)41-38(48)51-18-22-10-6-4-7-11-22;1-29-16-18(34)21-13(7-11(28)22(39-21)38-20-10(27)5-9(26)6-12(20)32)36-23(16)40-24-19(35)17(33)15(14(8-31)37-24)30-4-2-3-25;;/h4-13,20-21,24-37,44-47H,14-19H2,1-3H3,(H,41,48)(H,42,49);9-24,29-35H,2-8,25-28H2,1H3;2*1H4/t20?,21-,24-,25?,26-,27+,28?,29?,30+,31?,32-,33?,34?,35+,36?,37-;9-,10?,11?,12-,13+,14?,15-,16?,17+,18?,19?,20-,21?,22+,23?,24-;;/m11../s1. The third kappa shape index (κ3) is 19.0. The zero-order valence-corrected chi connectivity index (χ0v) is 55.3. The van der Waals surface area contributed by atoms with Gasteiger partial charge in [0.15, 0.2) is 43.8 Å². The van der Waals surface area contributed by atoms with Gasteiger partial charge in [0, 0.05) is 37.0 Å². The van der Waals surface area contributed by atoms with E-state index < -0.39 is 215 Å². The predicted molar refractivity (Wildman–Crippen MR) is 351 cm³/mol. The number of amides is 3. The summed E-state index contributed by atoms with van der Waals surface area (Å²) in [6.45, 7) is 3.59. The zero-order chi connectivity index (χ0) is 70.2. The number of alkyl carbamates (subject to hydrolysis) is 2. The third-order valence-electron chi connectivity index (χ3n) is 19.9. The smallest absolute Gasteiger partial charge is 0.410 e. The van der Waals surface area contributed by atoms with E-state index in [1.807, 2.05) is 67.6 Å². The average Bonchev–Trinajstić information content (AvgIpc) is 1.48. The molecule has 0 spiro atoms. The molecule has 34 nitrogen and oxygen atoms in total. The van der Waals surface area contributed by atoms with Crippen LogP contribution in [0, 0.1) is 11.8 Å². The van der Waals surface area contributed by atoms with Crippen LogP contribution in [0.2, 0.25) is 0 Å². The molecule has 3 amide bonds. The summed E-state index contributed by atoms with van der Waals surface area (Å²) in [5.74, 6) is -0.943. The van der Waals surface area contributed by atoms with Crippen molar-refractivity contribution in [1.82, 2.24) is 26.2 Å². The number of likely N-dealkylation sites (N-methyl/N-ethyl adjacent to an activating group) is 2. The van der Waals surface area contributed by atoms with Crippen LogP contribution in [0.1, 0.15) is 84.8 Å². The van der Waals surface area contributed by atoms with Gasteiger partial charge in [0.25, 0.3) is 0 Å². The second-order valence-electron chi connectivity index (χ2n) is 27.0. The fraction of sp³-hybridized carbons (Fsp3) is 0.773. The summed E-state index contributed by atoms with van der Waals surface area (Å²) in [4.78, 5) is 40.2. The van der Waals surface area contributed by atoms with E-state index in [-0.39, 0.29) is 59.3 Å². The van der Waals surface area contributed by atoms with E-state index in [9.17, 15) is 60.3 Å². The van der Waals surface area contributed by atoms with Crippen molar-refractivity contribution in [1.29, 1.82) is 0 Å². The number of carbonyl (C=O) groups is 3. The molecule has 21 N–H and O–H groups in total. The molecule has 0 aromatic heterocycles. The van der Waals surface area contributed by atoms with Crippen LogP contribution in [-0.4, -0.2) is 293 Å². The number of aliphatic hydroxyl groups excluding tert-OH is 9. The minimum atomic E-state index is -1.48. The van der Waals surface area contributed by atoms with Crippen molar-refractivity contribution >= 4 is 18.3 Å². The largest absolute Gasteiger partial charge is 0.445 e. The second-order valence-corrected chi connectivity index (χ2v) is 27.0. The van der Waals surface area contributed by atoms with Crippen LogP contribution < -0.4 is 44.2 Å². The van der Waals surface area contributed by atoms with Gasteiger partial charge in [-0.3, -0.25) is 4.90 Å². The molecule has 2 aliphatic carbocycles. The zero-order valence-electron chi connectivity index (χ0n) is 55.3. The minimum absolute atomic E-state index is 0. The first-order chi connectivity index (χ1) is 47.0. The number of nitrogens with two attached hydrogens (primary N) is 4. The Hall–Kier alpha value is -4.75. The van der Waals surface area contributed by atoms with Crippen molar-refractivity contribution in [3.8, 4) is 0 Å². The lowest BCUT2D eigenvalue weighted by Crippen LogP contribution is -2.70. The van der Waals surface area contributed by atoms with E-state index in [0.29, 0.717) is 38.8 Å². The quantitative estimate of drug-likeness (QED) is 0.0433. The molecule has 9 aliphatic rings. The molecule has 32 atom stereocenters. The topological polar surface area (TPSA) is 509 Å². The van der Waals surface area contributed by atoms with Crippen LogP contribution in [-0.2, 0) is 74.8 Å². The summed E-state index contributed by atoms with van der Waals surface area (Å²) in [5.41, 5.74) is 25.6. The predicted octanol–water partition coefficient (Wildman–Crippen LogP) is -3.17. The van der Waals surface area contributed by atoms with Crippen molar-refractivity contribution in [2.24, 2.45) is 34.8 Å². The van der Waals surface area contributed by atoms with E-state index in [0.717, 1.165) is 11.1 Å². The van der Waals surface area contributed by atoms with Crippen LogP contribution >= 0.6 is 0 Å². The summed E-state index contributed by atoms with van der Waals surface area (Å²) >= 11 is 0. The normalized spacial score (nSPS) is 42.3. The van der Waals surface area contributed by atoms with Gasteiger partial charge in [-0.1, -0.05) is 89.4 Å². The van der Waals surface area contributed by atoms with Crippen LogP contribution in [0.15, 0.2) is 60.7 Å². The molecule has 7 aliphatic heterocycles. The molecular weight excluding hydrogens is 1320 g/mol. The summed E-state index contributed by atoms with van der Waals surface area (Å²) in [6, 6.07) is 13.0. The average molecular weight is 1430 g/mol. The van der Waals surface area contributed by atoms with Gasteiger partial charge in [-0.05, 0) is 76.2 Å². The highest BCUT2D eigenvalue weighted by molar-refractivity contribution is 5.71. The summed E-state index contributed by atoms with van der Waals surface area (Å²) in [5, 5.41) is 108. The van der Waals surface area contributed by atoms with E-state index in [1.54, 1.807) is 14.0 Å². The number of benzene rings is 2. The SMILES string of the molecule is C.C.CC1C[C@@H]2OC(O[C@H]3OC(CO)[C@@H](C)[C@H](O)C3O)C3C(OC(=O)N3C)C2O[C@@H]1O[C@@H]1C(NC(=O)OCc2ccccc2)C[C@@H](NC(=O)OCc2ccccc2)C[C@H]1O.CNC1C(O[C@H]2OC(CO)[C@@H](NCCCN)[C@H](O)C2O)O[C@H]2CC(N)[C@@H](O[C@@H]3C(N)C[C@@H](N)C[C@H]3O)OC2C1O. The maximum Gasteiger partial charge on any atom is 0.410 e. The van der Waals surface area contributed by atoms with E-state index in [1.165, 1.54) is 11.9 Å². The van der Waals surface area contributed by atoms with Gasteiger partial charge in [0.2, 0.25) is 0 Å². The van der Waals surface area contributed by atoms with Crippen LogP contribution in [0.5, 0.6) is 0 Å². The molecule has 100 heavy (non-hydrogen) atoms. The fourth-order valence-corrected chi connectivity index (χ4v) is 14.4. The number of hydrogen-bond donors (Lipinski definition) is 17. The van der Waals surface area contributed by atoms with Crippen molar-refractivity contribution < 1.29 is 122 Å². The van der Waals surface area contributed by atoms with Crippen molar-refractivity contribution in [3.63, 3.8) is 0 Å². The lowest BCUT2D eigenvalue weighted by atomic mass is 9.85. The lowest BCUT2D eigenvalue weighted by Gasteiger charge is -2.51. The van der Waals surface area contributed by atoms with Crippen LogP contribution in [0.25, 0.3) is 0 Å². The Kier molecular flexibility index (Phi) is 29.8. The van der Waals surface area contributed by atoms with Gasteiger partial charge in [-0.25, -0.2) is 14.4 Å². The van der Waals surface area contributed by atoms with Gasteiger partial charge < -0.3 is 152 Å².